The molecule has 0 aliphatic carbocycles. The Kier molecular flexibility index (Phi) is 7.38. The second kappa shape index (κ2) is 9.28. The molecule has 5 heteroatoms. The number of nitrogens with one attached hydrogen (secondary N) is 2. The van der Waals surface area contributed by atoms with E-state index in [1.807, 2.05) is 18.2 Å². The summed E-state index contributed by atoms with van der Waals surface area (Å²) in [6, 6.07) is 8.16. The highest BCUT2D eigenvalue weighted by atomic mass is 35.5. The van der Waals surface area contributed by atoms with Gasteiger partial charge in [0.25, 0.3) is 0 Å². The highest BCUT2D eigenvalue weighted by Gasteiger charge is 2.25. The summed E-state index contributed by atoms with van der Waals surface area (Å²) in [5.74, 6) is 2.22. The van der Waals surface area contributed by atoms with Gasteiger partial charge in [-0.2, -0.15) is 0 Å². The highest BCUT2D eigenvalue weighted by molar-refractivity contribution is 5.85. The lowest BCUT2D eigenvalue weighted by atomic mass is 9.84. The standard InChI is InChI=1S/C19H28N2O2.ClH/c1-14(15-8-10-20-11-9-15)13-19(22)21-17-6-4-12-23-18-7-3-2-5-16(17)18;/h2-3,5,7,14-15,17,20H,4,6,8-13H2,1H3,(H,21,22);1H. The molecule has 2 aliphatic heterocycles. The van der Waals surface area contributed by atoms with Crippen LogP contribution >= 0.6 is 12.4 Å². The molecule has 134 valence electrons. The van der Waals surface area contributed by atoms with Crippen LogP contribution < -0.4 is 15.4 Å². The number of carbonyl (C=O) groups is 1. The number of hydrogen-bond acceptors (Lipinski definition) is 3. The maximum Gasteiger partial charge on any atom is 0.220 e. The third-order valence-electron chi connectivity index (χ3n) is 5.22. The largest absolute Gasteiger partial charge is 0.493 e. The average Bonchev–Trinajstić information content (AvgIpc) is 2.78. The van der Waals surface area contributed by atoms with Crippen LogP contribution in [-0.4, -0.2) is 25.6 Å². The van der Waals surface area contributed by atoms with E-state index in [4.69, 9.17) is 4.74 Å². The van der Waals surface area contributed by atoms with E-state index in [0.29, 0.717) is 18.3 Å². The van der Waals surface area contributed by atoms with Crippen molar-refractivity contribution in [2.75, 3.05) is 19.7 Å². The summed E-state index contributed by atoms with van der Waals surface area (Å²) in [6.45, 7) is 5.13. The third kappa shape index (κ3) is 4.87. The number of halogens is 1. The van der Waals surface area contributed by atoms with Gasteiger partial charge in [0.05, 0.1) is 12.6 Å². The van der Waals surface area contributed by atoms with E-state index in [-0.39, 0.29) is 24.4 Å². The zero-order chi connectivity index (χ0) is 16.1. The molecule has 3 rings (SSSR count). The van der Waals surface area contributed by atoms with E-state index in [1.165, 1.54) is 12.8 Å². The smallest absolute Gasteiger partial charge is 0.220 e. The first-order valence-corrected chi connectivity index (χ1v) is 8.96. The lowest BCUT2D eigenvalue weighted by Gasteiger charge is -2.28. The van der Waals surface area contributed by atoms with Crippen molar-refractivity contribution in [3.8, 4) is 5.75 Å². The summed E-state index contributed by atoms with van der Waals surface area (Å²) in [7, 11) is 0. The molecule has 1 fully saturated rings. The predicted octanol–water partition coefficient (Wildman–Crippen LogP) is 3.46. The highest BCUT2D eigenvalue weighted by Crippen LogP contribution is 2.31. The fraction of sp³-hybridized carbons (Fsp3) is 0.632. The summed E-state index contributed by atoms with van der Waals surface area (Å²) < 4.78 is 5.78. The number of ether oxygens (including phenoxy) is 1. The number of amides is 1. The molecule has 2 N–H and O–H groups in total. The Morgan fingerprint density at radius 1 is 1.29 bits per heavy atom. The lowest BCUT2D eigenvalue weighted by Crippen LogP contribution is -2.34. The third-order valence-corrected chi connectivity index (χ3v) is 5.22. The van der Waals surface area contributed by atoms with Gasteiger partial charge in [-0.25, -0.2) is 0 Å². The van der Waals surface area contributed by atoms with Gasteiger partial charge < -0.3 is 15.4 Å². The summed E-state index contributed by atoms with van der Waals surface area (Å²) in [6.07, 6.45) is 4.93. The summed E-state index contributed by atoms with van der Waals surface area (Å²) in [5, 5.41) is 6.64. The van der Waals surface area contributed by atoms with E-state index in [1.54, 1.807) is 0 Å². The minimum absolute atomic E-state index is 0. The molecule has 2 aliphatic rings. The van der Waals surface area contributed by atoms with Crippen molar-refractivity contribution in [3.63, 3.8) is 0 Å². The van der Waals surface area contributed by atoms with E-state index < -0.39 is 0 Å². The number of para-hydroxylation sites is 1. The van der Waals surface area contributed by atoms with Crippen molar-refractivity contribution in [2.45, 2.75) is 45.1 Å². The molecule has 0 saturated carbocycles. The average molecular weight is 353 g/mol. The molecule has 0 bridgehead atoms. The van der Waals surface area contributed by atoms with E-state index in [2.05, 4.69) is 23.6 Å². The number of hydrogen-bond donors (Lipinski definition) is 2. The first-order chi connectivity index (χ1) is 11.2. The maximum absolute atomic E-state index is 12.5. The van der Waals surface area contributed by atoms with Crippen LogP contribution in [0.5, 0.6) is 5.75 Å². The first kappa shape index (κ1) is 19.1. The van der Waals surface area contributed by atoms with E-state index in [9.17, 15) is 4.79 Å². The molecule has 0 aromatic heterocycles. The van der Waals surface area contributed by atoms with Crippen molar-refractivity contribution < 1.29 is 9.53 Å². The van der Waals surface area contributed by atoms with Gasteiger partial charge in [0.15, 0.2) is 0 Å². The van der Waals surface area contributed by atoms with Crippen LogP contribution in [0, 0.1) is 11.8 Å². The first-order valence-electron chi connectivity index (χ1n) is 8.96. The molecule has 24 heavy (non-hydrogen) atoms. The molecular weight excluding hydrogens is 324 g/mol. The Labute approximate surface area is 151 Å². The van der Waals surface area contributed by atoms with Crippen molar-refractivity contribution in [1.82, 2.24) is 10.6 Å². The molecule has 2 atom stereocenters. The molecule has 1 aromatic carbocycles. The zero-order valence-electron chi connectivity index (χ0n) is 14.4. The summed E-state index contributed by atoms with van der Waals surface area (Å²) in [5.41, 5.74) is 1.12. The molecular formula is C19H29ClN2O2. The minimum atomic E-state index is 0. The van der Waals surface area contributed by atoms with Crippen LogP contribution in [-0.2, 0) is 4.79 Å². The maximum atomic E-state index is 12.5. The second-order valence-electron chi connectivity index (χ2n) is 6.92. The van der Waals surface area contributed by atoms with Crippen molar-refractivity contribution in [3.05, 3.63) is 29.8 Å². The Morgan fingerprint density at radius 2 is 2.04 bits per heavy atom. The molecule has 1 aromatic rings. The molecule has 1 amide bonds. The lowest BCUT2D eigenvalue weighted by molar-refractivity contribution is -0.123. The topological polar surface area (TPSA) is 50.4 Å². The van der Waals surface area contributed by atoms with Gasteiger partial charge in [-0.15, -0.1) is 12.4 Å². The van der Waals surface area contributed by atoms with Gasteiger partial charge >= 0.3 is 0 Å². The van der Waals surface area contributed by atoms with Gasteiger partial charge in [-0.1, -0.05) is 25.1 Å². The molecule has 0 spiro atoms. The summed E-state index contributed by atoms with van der Waals surface area (Å²) in [4.78, 5) is 12.5. The molecule has 2 unspecified atom stereocenters. The van der Waals surface area contributed by atoms with Gasteiger partial charge in [-0.3, -0.25) is 4.79 Å². The fourth-order valence-electron chi connectivity index (χ4n) is 3.80. The van der Waals surface area contributed by atoms with Crippen LogP contribution in [0.15, 0.2) is 24.3 Å². The van der Waals surface area contributed by atoms with Crippen molar-refractivity contribution in [2.24, 2.45) is 11.8 Å². The molecule has 2 heterocycles. The second-order valence-corrected chi connectivity index (χ2v) is 6.92. The number of benzene rings is 1. The number of piperidine rings is 1. The monoisotopic (exact) mass is 352 g/mol. The van der Waals surface area contributed by atoms with Crippen LogP contribution in [0.3, 0.4) is 0 Å². The Morgan fingerprint density at radius 3 is 2.83 bits per heavy atom. The van der Waals surface area contributed by atoms with Gasteiger partial charge in [0.1, 0.15) is 5.75 Å². The Hall–Kier alpha value is -1.26. The van der Waals surface area contributed by atoms with Gasteiger partial charge in [-0.05, 0) is 56.7 Å². The van der Waals surface area contributed by atoms with Crippen molar-refractivity contribution >= 4 is 18.3 Å². The zero-order valence-corrected chi connectivity index (χ0v) is 15.2. The number of fused-ring (bicyclic) bond motifs is 1. The van der Waals surface area contributed by atoms with Gasteiger partial charge in [0, 0.05) is 12.0 Å². The van der Waals surface area contributed by atoms with E-state index >= 15 is 0 Å². The normalized spacial score (nSPS) is 22.3. The van der Waals surface area contributed by atoms with E-state index in [0.717, 1.165) is 43.9 Å². The molecule has 1 saturated heterocycles. The van der Waals surface area contributed by atoms with Crippen LogP contribution in [0.2, 0.25) is 0 Å². The van der Waals surface area contributed by atoms with Crippen LogP contribution in [0.25, 0.3) is 0 Å². The number of carbonyl (C=O) groups excluding carboxylic acids is 1. The summed E-state index contributed by atoms with van der Waals surface area (Å²) >= 11 is 0. The molecule has 4 nitrogen and oxygen atoms in total. The Balaban J connectivity index is 0.00000208. The van der Waals surface area contributed by atoms with Crippen molar-refractivity contribution in [1.29, 1.82) is 0 Å². The molecule has 0 radical (unpaired) electrons. The van der Waals surface area contributed by atoms with Crippen LogP contribution in [0.4, 0.5) is 0 Å². The minimum Gasteiger partial charge on any atom is -0.493 e. The predicted molar refractivity (Wildman–Crippen MR) is 98.7 cm³/mol. The fourth-order valence-corrected chi connectivity index (χ4v) is 3.80. The van der Waals surface area contributed by atoms with Gasteiger partial charge in [0.2, 0.25) is 5.91 Å². The SMILES string of the molecule is CC(CC(=O)NC1CCCOc2ccccc21)C1CCNCC1.Cl. The Bertz CT molecular complexity index is 532. The van der Waals surface area contributed by atoms with Crippen LogP contribution in [0.1, 0.15) is 50.6 Å². The number of rotatable bonds is 4. The quantitative estimate of drug-likeness (QED) is 0.872.